The molecular formula is C20H23N3O4S. The summed E-state index contributed by atoms with van der Waals surface area (Å²) in [6.45, 7) is 2.50. The van der Waals surface area contributed by atoms with Gasteiger partial charge in [0.15, 0.2) is 0 Å². The number of amides is 1. The third-order valence-electron chi connectivity index (χ3n) is 4.74. The lowest BCUT2D eigenvalue weighted by Gasteiger charge is -2.30. The quantitative estimate of drug-likeness (QED) is 0.593. The monoisotopic (exact) mass is 401 g/mol. The summed E-state index contributed by atoms with van der Waals surface area (Å²) in [4.78, 5) is 12.6. The van der Waals surface area contributed by atoms with Gasteiger partial charge in [-0.2, -0.15) is 9.41 Å². The van der Waals surface area contributed by atoms with Gasteiger partial charge in [-0.15, -0.1) is 0 Å². The van der Waals surface area contributed by atoms with Crippen molar-refractivity contribution in [3.8, 4) is 5.75 Å². The van der Waals surface area contributed by atoms with Crippen LogP contribution in [0.5, 0.6) is 5.75 Å². The lowest BCUT2D eigenvalue weighted by Crippen LogP contribution is -2.42. The number of sulfonamides is 1. The maximum absolute atomic E-state index is 12.7. The van der Waals surface area contributed by atoms with Gasteiger partial charge in [0.25, 0.3) is 0 Å². The maximum Gasteiger partial charge on any atom is 0.243 e. The van der Waals surface area contributed by atoms with Crippen LogP contribution in [0.1, 0.15) is 24.0 Å². The molecule has 1 heterocycles. The molecule has 2 N–H and O–H groups in total. The van der Waals surface area contributed by atoms with E-state index in [2.05, 4.69) is 10.5 Å². The van der Waals surface area contributed by atoms with Crippen LogP contribution in [0, 0.1) is 12.8 Å². The summed E-state index contributed by atoms with van der Waals surface area (Å²) in [6, 6.07) is 13.3. The number of hydrogen-bond donors (Lipinski definition) is 2. The van der Waals surface area contributed by atoms with E-state index in [1.807, 2.05) is 6.92 Å². The summed E-state index contributed by atoms with van der Waals surface area (Å²) in [5.74, 6) is -0.396. The van der Waals surface area contributed by atoms with Crippen molar-refractivity contribution in [3.05, 3.63) is 59.7 Å². The van der Waals surface area contributed by atoms with Gasteiger partial charge in [0.2, 0.25) is 15.9 Å². The predicted octanol–water partition coefficient (Wildman–Crippen LogP) is 2.25. The van der Waals surface area contributed by atoms with E-state index >= 15 is 0 Å². The molecule has 2 aromatic carbocycles. The predicted molar refractivity (Wildman–Crippen MR) is 107 cm³/mol. The van der Waals surface area contributed by atoms with E-state index in [0.717, 1.165) is 5.56 Å². The molecule has 2 aromatic rings. The average Bonchev–Trinajstić information content (AvgIpc) is 2.68. The number of carbonyl (C=O) groups excluding carboxylic acids is 1. The van der Waals surface area contributed by atoms with Crippen LogP contribution in [0.25, 0.3) is 0 Å². The standard InChI is InChI=1S/C20H23N3O4S/c1-15-5-7-19(8-6-15)28(26,27)23-11-9-17(10-12-23)20(25)22-21-14-16-3-2-4-18(24)13-16/h2-8,13-14,17,24H,9-12H2,1H3,(H,22,25)/b21-14+. The Balaban J connectivity index is 1.54. The van der Waals surface area contributed by atoms with Gasteiger partial charge in [-0.05, 0) is 49.6 Å². The van der Waals surface area contributed by atoms with E-state index in [0.29, 0.717) is 31.5 Å². The zero-order valence-corrected chi connectivity index (χ0v) is 16.4. The number of aromatic hydroxyl groups is 1. The smallest absolute Gasteiger partial charge is 0.243 e. The number of hydrazone groups is 1. The van der Waals surface area contributed by atoms with Crippen LogP contribution in [-0.2, 0) is 14.8 Å². The fourth-order valence-electron chi connectivity index (χ4n) is 3.08. The van der Waals surface area contributed by atoms with E-state index in [9.17, 15) is 18.3 Å². The highest BCUT2D eigenvalue weighted by atomic mass is 32.2. The molecule has 0 bridgehead atoms. The summed E-state index contributed by atoms with van der Waals surface area (Å²) in [7, 11) is -3.54. The van der Waals surface area contributed by atoms with Crippen LogP contribution in [0.15, 0.2) is 58.5 Å². The van der Waals surface area contributed by atoms with Gasteiger partial charge in [0.1, 0.15) is 5.75 Å². The summed E-state index contributed by atoms with van der Waals surface area (Å²) in [5, 5.41) is 13.3. The molecule has 1 aliphatic heterocycles. The minimum Gasteiger partial charge on any atom is -0.508 e. The number of carbonyl (C=O) groups is 1. The van der Waals surface area contributed by atoms with Gasteiger partial charge in [-0.3, -0.25) is 4.79 Å². The molecule has 1 fully saturated rings. The van der Waals surface area contributed by atoms with Crippen molar-refractivity contribution in [1.29, 1.82) is 0 Å². The largest absolute Gasteiger partial charge is 0.508 e. The highest BCUT2D eigenvalue weighted by Gasteiger charge is 2.31. The van der Waals surface area contributed by atoms with E-state index in [1.165, 1.54) is 16.6 Å². The number of piperidine rings is 1. The third kappa shape index (κ3) is 4.76. The Morgan fingerprint density at radius 1 is 1.18 bits per heavy atom. The molecular weight excluding hydrogens is 378 g/mol. The van der Waals surface area contributed by atoms with Crippen LogP contribution < -0.4 is 5.43 Å². The van der Waals surface area contributed by atoms with Crippen LogP contribution in [0.2, 0.25) is 0 Å². The number of phenols is 1. The van der Waals surface area contributed by atoms with Gasteiger partial charge in [-0.25, -0.2) is 13.8 Å². The molecule has 0 aliphatic carbocycles. The highest BCUT2D eigenvalue weighted by Crippen LogP contribution is 2.24. The summed E-state index contributed by atoms with van der Waals surface area (Å²) in [5.41, 5.74) is 4.16. The maximum atomic E-state index is 12.7. The van der Waals surface area contributed by atoms with Crippen LogP contribution in [0.3, 0.4) is 0 Å². The van der Waals surface area contributed by atoms with E-state index in [1.54, 1.807) is 42.5 Å². The Bertz CT molecular complexity index is 963. The number of benzene rings is 2. The molecule has 0 radical (unpaired) electrons. The van der Waals surface area contributed by atoms with E-state index < -0.39 is 10.0 Å². The minimum atomic E-state index is -3.54. The SMILES string of the molecule is Cc1ccc(S(=O)(=O)N2CCC(C(=O)N/N=C/c3cccc(O)c3)CC2)cc1. The molecule has 0 spiro atoms. The van der Waals surface area contributed by atoms with Crippen molar-refractivity contribution in [2.45, 2.75) is 24.7 Å². The van der Waals surface area contributed by atoms with Crippen molar-refractivity contribution in [3.63, 3.8) is 0 Å². The lowest BCUT2D eigenvalue weighted by molar-refractivity contribution is -0.126. The summed E-state index contributed by atoms with van der Waals surface area (Å²) >= 11 is 0. The molecule has 0 saturated carbocycles. The van der Waals surface area contributed by atoms with Crippen molar-refractivity contribution < 1.29 is 18.3 Å². The Morgan fingerprint density at radius 3 is 2.50 bits per heavy atom. The molecule has 8 heteroatoms. The second-order valence-corrected chi connectivity index (χ2v) is 8.76. The van der Waals surface area contributed by atoms with Gasteiger partial charge < -0.3 is 5.11 Å². The van der Waals surface area contributed by atoms with Crippen LogP contribution in [-0.4, -0.2) is 43.0 Å². The number of phenolic OH excluding ortho intramolecular Hbond substituents is 1. The van der Waals surface area contributed by atoms with Crippen LogP contribution >= 0.6 is 0 Å². The van der Waals surface area contributed by atoms with Crippen molar-refractivity contribution in [2.24, 2.45) is 11.0 Å². The van der Waals surface area contributed by atoms with Gasteiger partial charge in [0, 0.05) is 19.0 Å². The summed E-state index contributed by atoms with van der Waals surface area (Å²) < 4.78 is 26.9. The zero-order chi connectivity index (χ0) is 20.1. The topological polar surface area (TPSA) is 99.1 Å². The van der Waals surface area contributed by atoms with Crippen molar-refractivity contribution in [1.82, 2.24) is 9.73 Å². The Labute approximate surface area is 164 Å². The second-order valence-electron chi connectivity index (χ2n) is 6.82. The first kappa shape index (κ1) is 20.0. The number of hydrogen-bond acceptors (Lipinski definition) is 5. The summed E-state index contributed by atoms with van der Waals surface area (Å²) in [6.07, 6.45) is 2.34. The lowest BCUT2D eigenvalue weighted by atomic mass is 9.98. The Hall–Kier alpha value is -2.71. The molecule has 0 atom stereocenters. The van der Waals surface area contributed by atoms with Crippen molar-refractivity contribution in [2.75, 3.05) is 13.1 Å². The molecule has 1 saturated heterocycles. The molecule has 7 nitrogen and oxygen atoms in total. The number of aryl methyl sites for hydroxylation is 1. The molecule has 3 rings (SSSR count). The molecule has 1 aliphatic rings. The number of nitrogens with one attached hydrogen (secondary N) is 1. The number of nitrogens with zero attached hydrogens (tertiary/aromatic N) is 2. The van der Waals surface area contributed by atoms with E-state index in [-0.39, 0.29) is 22.5 Å². The van der Waals surface area contributed by atoms with Gasteiger partial charge in [-0.1, -0.05) is 29.8 Å². The van der Waals surface area contributed by atoms with Gasteiger partial charge in [0.05, 0.1) is 11.1 Å². The third-order valence-corrected chi connectivity index (χ3v) is 6.65. The average molecular weight is 401 g/mol. The van der Waals surface area contributed by atoms with Gasteiger partial charge >= 0.3 is 0 Å². The normalized spacial score (nSPS) is 16.3. The van der Waals surface area contributed by atoms with E-state index in [4.69, 9.17) is 0 Å². The molecule has 0 aromatic heterocycles. The highest BCUT2D eigenvalue weighted by molar-refractivity contribution is 7.89. The molecule has 0 unspecified atom stereocenters. The van der Waals surface area contributed by atoms with Crippen LogP contribution in [0.4, 0.5) is 0 Å². The molecule has 28 heavy (non-hydrogen) atoms. The first-order chi connectivity index (χ1) is 13.4. The number of rotatable bonds is 5. The molecule has 148 valence electrons. The Morgan fingerprint density at radius 2 is 1.86 bits per heavy atom. The first-order valence-electron chi connectivity index (χ1n) is 9.05. The fraction of sp³-hybridized carbons (Fsp3) is 0.300. The zero-order valence-electron chi connectivity index (χ0n) is 15.6. The van der Waals surface area contributed by atoms with Crippen molar-refractivity contribution >= 4 is 22.1 Å². The molecule has 1 amide bonds. The second kappa shape index (κ2) is 8.53. The minimum absolute atomic E-state index is 0.123. The first-order valence-corrected chi connectivity index (χ1v) is 10.5. The fourth-order valence-corrected chi connectivity index (χ4v) is 4.55. The Kier molecular flexibility index (Phi) is 6.11.